The summed E-state index contributed by atoms with van der Waals surface area (Å²) in [6, 6.07) is 4.03. The molecule has 0 amide bonds. The van der Waals surface area contributed by atoms with E-state index in [1.807, 2.05) is 26.2 Å². The second-order valence-electron chi connectivity index (χ2n) is 3.54. The van der Waals surface area contributed by atoms with Gasteiger partial charge in [0.15, 0.2) is 0 Å². The lowest BCUT2D eigenvalue weighted by molar-refractivity contribution is 0.217. The summed E-state index contributed by atoms with van der Waals surface area (Å²) in [5.74, 6) is 0.908. The Hall–Kier alpha value is -1.13. The third kappa shape index (κ3) is 4.27. The van der Waals surface area contributed by atoms with E-state index < -0.39 is 0 Å². The Labute approximate surface area is 90.9 Å². The summed E-state index contributed by atoms with van der Waals surface area (Å²) in [4.78, 5) is 6.34. The predicted octanol–water partition coefficient (Wildman–Crippen LogP) is 0.937. The van der Waals surface area contributed by atoms with Gasteiger partial charge in [0.2, 0.25) is 0 Å². The first-order valence-corrected chi connectivity index (χ1v) is 5.24. The van der Waals surface area contributed by atoms with Gasteiger partial charge in [-0.1, -0.05) is 6.07 Å². The van der Waals surface area contributed by atoms with Gasteiger partial charge in [-0.2, -0.15) is 0 Å². The average molecular weight is 209 g/mol. The van der Waals surface area contributed by atoms with Crippen LogP contribution in [0.5, 0.6) is 0 Å². The zero-order valence-electron chi connectivity index (χ0n) is 9.40. The highest BCUT2D eigenvalue weighted by Crippen LogP contribution is 2.06. The van der Waals surface area contributed by atoms with Crippen molar-refractivity contribution in [2.45, 2.75) is 13.5 Å². The number of likely N-dealkylation sites (N-methyl/N-ethyl adjacent to an activating group) is 1. The Bertz CT molecular complexity index is 274. The van der Waals surface area contributed by atoms with Gasteiger partial charge in [-0.25, -0.2) is 4.98 Å². The van der Waals surface area contributed by atoms with Crippen molar-refractivity contribution in [3.63, 3.8) is 0 Å². The van der Waals surface area contributed by atoms with Gasteiger partial charge >= 0.3 is 0 Å². The fraction of sp³-hybridized carbons (Fsp3) is 0.545. The number of hydrogen-bond acceptors (Lipinski definition) is 4. The Balaban J connectivity index is 2.48. The molecule has 4 heteroatoms. The molecular formula is C11H19N3O. The van der Waals surface area contributed by atoms with Crippen molar-refractivity contribution >= 4 is 5.82 Å². The van der Waals surface area contributed by atoms with Crippen molar-refractivity contribution in [3.05, 3.63) is 23.9 Å². The van der Waals surface area contributed by atoms with E-state index in [0.29, 0.717) is 6.54 Å². The second kappa shape index (κ2) is 6.37. The van der Waals surface area contributed by atoms with Crippen molar-refractivity contribution in [3.8, 4) is 0 Å². The molecule has 1 aromatic heterocycles. The topological polar surface area (TPSA) is 48.4 Å². The fourth-order valence-corrected chi connectivity index (χ4v) is 1.37. The second-order valence-corrected chi connectivity index (χ2v) is 3.54. The van der Waals surface area contributed by atoms with E-state index in [9.17, 15) is 0 Å². The molecule has 84 valence electrons. The van der Waals surface area contributed by atoms with Gasteiger partial charge in [0.05, 0.1) is 6.61 Å². The first-order valence-electron chi connectivity index (χ1n) is 5.24. The molecular weight excluding hydrogens is 190 g/mol. The number of pyridine rings is 1. The number of aliphatic hydroxyl groups excluding tert-OH is 1. The van der Waals surface area contributed by atoms with E-state index in [1.165, 1.54) is 0 Å². The van der Waals surface area contributed by atoms with Crippen LogP contribution in [0.15, 0.2) is 18.3 Å². The lowest BCUT2D eigenvalue weighted by Crippen LogP contribution is -2.21. The minimum atomic E-state index is 0.194. The van der Waals surface area contributed by atoms with Gasteiger partial charge in [-0.05, 0) is 25.6 Å². The van der Waals surface area contributed by atoms with Crippen LogP contribution >= 0.6 is 0 Å². The lowest BCUT2D eigenvalue weighted by atomic mass is 10.2. The molecule has 0 aromatic carbocycles. The Morgan fingerprint density at radius 2 is 2.27 bits per heavy atom. The number of aliphatic hydroxyl groups is 1. The van der Waals surface area contributed by atoms with Crippen molar-refractivity contribution in [2.75, 3.05) is 32.1 Å². The van der Waals surface area contributed by atoms with Crippen LogP contribution in [0.2, 0.25) is 0 Å². The van der Waals surface area contributed by atoms with E-state index in [1.54, 1.807) is 0 Å². The van der Waals surface area contributed by atoms with Crippen LogP contribution in [0.3, 0.4) is 0 Å². The molecule has 0 aliphatic heterocycles. The van der Waals surface area contributed by atoms with Crippen LogP contribution < -0.4 is 5.32 Å². The summed E-state index contributed by atoms with van der Waals surface area (Å²) in [5, 5.41) is 11.9. The first-order chi connectivity index (χ1) is 7.26. The average Bonchev–Trinajstić information content (AvgIpc) is 2.22. The van der Waals surface area contributed by atoms with Gasteiger partial charge in [-0.15, -0.1) is 0 Å². The molecule has 1 rings (SSSR count). The lowest BCUT2D eigenvalue weighted by Gasteiger charge is -2.14. The predicted molar refractivity (Wildman–Crippen MR) is 61.8 cm³/mol. The van der Waals surface area contributed by atoms with E-state index in [4.69, 9.17) is 5.11 Å². The molecule has 0 fully saturated rings. The number of aromatic nitrogens is 1. The smallest absolute Gasteiger partial charge is 0.125 e. The third-order valence-electron chi connectivity index (χ3n) is 2.12. The highest BCUT2D eigenvalue weighted by molar-refractivity contribution is 5.35. The van der Waals surface area contributed by atoms with Crippen LogP contribution in [-0.2, 0) is 6.54 Å². The maximum atomic E-state index is 8.76. The molecule has 1 aromatic rings. The largest absolute Gasteiger partial charge is 0.395 e. The van der Waals surface area contributed by atoms with Gasteiger partial charge in [0.1, 0.15) is 5.82 Å². The summed E-state index contributed by atoms with van der Waals surface area (Å²) in [6.45, 7) is 4.63. The van der Waals surface area contributed by atoms with E-state index in [0.717, 1.165) is 24.5 Å². The van der Waals surface area contributed by atoms with E-state index in [2.05, 4.69) is 21.3 Å². The van der Waals surface area contributed by atoms with Crippen molar-refractivity contribution in [1.29, 1.82) is 0 Å². The van der Waals surface area contributed by atoms with Gasteiger partial charge < -0.3 is 10.4 Å². The van der Waals surface area contributed by atoms with Gasteiger partial charge in [-0.3, -0.25) is 4.90 Å². The molecule has 0 spiro atoms. The third-order valence-corrected chi connectivity index (χ3v) is 2.12. The number of hydrogen-bond donors (Lipinski definition) is 2. The Kier molecular flexibility index (Phi) is 5.07. The summed E-state index contributed by atoms with van der Waals surface area (Å²) in [6.07, 6.45) is 1.87. The van der Waals surface area contributed by atoms with Crippen molar-refractivity contribution in [2.24, 2.45) is 0 Å². The zero-order chi connectivity index (χ0) is 11.1. The van der Waals surface area contributed by atoms with Gasteiger partial charge in [0, 0.05) is 25.8 Å². The molecule has 0 bridgehead atoms. The quantitative estimate of drug-likeness (QED) is 0.732. The molecule has 4 nitrogen and oxygen atoms in total. The minimum Gasteiger partial charge on any atom is -0.395 e. The summed E-state index contributed by atoms with van der Waals surface area (Å²) >= 11 is 0. The van der Waals surface area contributed by atoms with Crippen LogP contribution in [-0.4, -0.2) is 41.7 Å². The monoisotopic (exact) mass is 209 g/mol. The molecule has 0 saturated carbocycles. The van der Waals surface area contributed by atoms with Gasteiger partial charge in [0.25, 0.3) is 0 Å². The molecule has 0 aliphatic rings. The molecule has 15 heavy (non-hydrogen) atoms. The molecule has 0 aliphatic carbocycles. The molecule has 0 saturated heterocycles. The minimum absolute atomic E-state index is 0.194. The maximum absolute atomic E-state index is 8.76. The van der Waals surface area contributed by atoms with Crippen LogP contribution in [0.4, 0.5) is 5.82 Å². The number of nitrogens with zero attached hydrogens (tertiary/aromatic N) is 2. The van der Waals surface area contributed by atoms with Crippen LogP contribution in [0.1, 0.15) is 12.5 Å². The molecule has 2 N–H and O–H groups in total. The highest BCUT2D eigenvalue weighted by Gasteiger charge is 1.99. The van der Waals surface area contributed by atoms with Crippen molar-refractivity contribution in [1.82, 2.24) is 9.88 Å². The number of anilines is 1. The van der Waals surface area contributed by atoms with Crippen LogP contribution in [0.25, 0.3) is 0 Å². The van der Waals surface area contributed by atoms with Crippen LogP contribution in [0, 0.1) is 0 Å². The molecule has 0 unspecified atom stereocenters. The summed E-state index contributed by atoms with van der Waals surface area (Å²) in [7, 11) is 1.98. The van der Waals surface area contributed by atoms with Crippen molar-refractivity contribution < 1.29 is 5.11 Å². The fourth-order valence-electron chi connectivity index (χ4n) is 1.37. The zero-order valence-corrected chi connectivity index (χ0v) is 9.40. The normalized spacial score (nSPS) is 10.7. The highest BCUT2D eigenvalue weighted by atomic mass is 16.3. The Morgan fingerprint density at radius 3 is 2.80 bits per heavy atom. The number of nitrogens with one attached hydrogen (secondary N) is 1. The summed E-state index contributed by atoms with van der Waals surface area (Å²) in [5.41, 5.74) is 1.16. The first kappa shape index (κ1) is 11.9. The molecule has 0 atom stereocenters. The molecule has 1 heterocycles. The standard InChI is InChI=1S/C11H19N3O/c1-3-12-11-5-4-10(8-13-11)9-14(2)6-7-15/h4-5,8,15H,3,6-7,9H2,1-2H3,(H,12,13). The summed E-state index contributed by atoms with van der Waals surface area (Å²) < 4.78 is 0. The van der Waals surface area contributed by atoms with E-state index >= 15 is 0 Å². The molecule has 0 radical (unpaired) electrons. The number of rotatable bonds is 6. The SMILES string of the molecule is CCNc1ccc(CN(C)CCO)cn1. The maximum Gasteiger partial charge on any atom is 0.125 e. The Morgan fingerprint density at radius 1 is 1.47 bits per heavy atom. The van der Waals surface area contributed by atoms with E-state index in [-0.39, 0.29) is 6.61 Å².